The number of aliphatic hydroxyl groups is 3. The number of ether oxygens (including phenoxy) is 4. The number of aromatic nitrogens is 4. The number of hydrogen-bond donors (Lipinski definition) is 4. The average molecular weight is 447 g/mol. The Hall–Kier alpha value is -3.19. The Balaban J connectivity index is 1.63. The Morgan fingerprint density at radius 3 is 2.34 bits per heavy atom. The molecular weight excluding hydrogens is 422 g/mol. The molecule has 0 amide bonds. The van der Waals surface area contributed by atoms with Crippen LogP contribution in [0.2, 0.25) is 0 Å². The van der Waals surface area contributed by atoms with Crippen molar-refractivity contribution in [1.29, 1.82) is 0 Å². The summed E-state index contributed by atoms with van der Waals surface area (Å²) in [6.07, 6.45) is -1.52. The third kappa shape index (κ3) is 3.77. The highest BCUT2D eigenvalue weighted by Gasteiger charge is 2.44. The fourth-order valence-corrected chi connectivity index (χ4v) is 3.70. The van der Waals surface area contributed by atoms with Gasteiger partial charge in [0.1, 0.15) is 41.9 Å². The molecule has 1 aliphatic heterocycles. The predicted molar refractivity (Wildman–Crippen MR) is 112 cm³/mol. The molecule has 1 aliphatic rings. The van der Waals surface area contributed by atoms with Crippen molar-refractivity contribution in [3.63, 3.8) is 0 Å². The molecule has 1 saturated heterocycles. The maximum atomic E-state index is 10.3. The second-order valence-electron chi connectivity index (χ2n) is 7.14. The molecule has 2 aromatic heterocycles. The Morgan fingerprint density at radius 2 is 1.75 bits per heavy atom. The lowest BCUT2D eigenvalue weighted by atomic mass is 10.1. The molecule has 3 heterocycles. The molecule has 4 atom stereocenters. The first-order chi connectivity index (χ1) is 15.5. The van der Waals surface area contributed by atoms with Crippen LogP contribution in [0.5, 0.6) is 17.2 Å². The molecule has 1 aromatic carbocycles. The highest BCUT2D eigenvalue weighted by atomic mass is 16.6. The van der Waals surface area contributed by atoms with Crippen molar-refractivity contribution in [2.75, 3.05) is 33.3 Å². The summed E-state index contributed by atoms with van der Waals surface area (Å²) in [5, 5.41) is 32.9. The van der Waals surface area contributed by atoms with Crippen LogP contribution < -0.4 is 19.5 Å². The van der Waals surface area contributed by atoms with E-state index in [2.05, 4.69) is 20.3 Å². The highest BCUT2D eigenvalue weighted by Crippen LogP contribution is 2.35. The molecule has 0 spiro atoms. The minimum atomic E-state index is -1.25. The fourth-order valence-electron chi connectivity index (χ4n) is 3.70. The summed E-state index contributed by atoms with van der Waals surface area (Å²) in [6.45, 7) is -0.113. The van der Waals surface area contributed by atoms with Crippen LogP contribution in [0.4, 0.5) is 5.82 Å². The second kappa shape index (κ2) is 9.12. The van der Waals surface area contributed by atoms with Gasteiger partial charge in [-0.15, -0.1) is 0 Å². The highest BCUT2D eigenvalue weighted by molar-refractivity contribution is 5.82. The molecule has 1 unspecified atom stereocenters. The molecule has 1 fully saturated rings. The van der Waals surface area contributed by atoms with E-state index >= 15 is 0 Å². The van der Waals surface area contributed by atoms with Crippen LogP contribution in [0.3, 0.4) is 0 Å². The first-order valence-electron chi connectivity index (χ1n) is 9.85. The summed E-state index contributed by atoms with van der Waals surface area (Å²) in [4.78, 5) is 12.9. The van der Waals surface area contributed by atoms with Gasteiger partial charge in [0.15, 0.2) is 23.2 Å². The molecule has 4 N–H and O–H groups in total. The summed E-state index contributed by atoms with van der Waals surface area (Å²) < 4.78 is 23.3. The van der Waals surface area contributed by atoms with Crippen LogP contribution in [-0.4, -0.2) is 81.1 Å². The zero-order valence-corrected chi connectivity index (χ0v) is 17.8. The SMILES string of the molecule is COc1cc(OC)c(CNc2ncnc3c2ncn3C2O[C@H](CO)[C@@H](O)[C@H]2O)c(OC)c1. The predicted octanol–water partition coefficient (Wildman–Crippen LogP) is 0.0757. The third-order valence-electron chi connectivity index (χ3n) is 5.40. The lowest BCUT2D eigenvalue weighted by Crippen LogP contribution is -2.33. The molecule has 0 aliphatic carbocycles. The molecule has 3 aromatic rings. The monoisotopic (exact) mass is 447 g/mol. The van der Waals surface area contributed by atoms with Gasteiger partial charge in [0.25, 0.3) is 0 Å². The minimum Gasteiger partial charge on any atom is -0.496 e. The minimum absolute atomic E-state index is 0.309. The number of benzene rings is 1. The lowest BCUT2D eigenvalue weighted by Gasteiger charge is -2.17. The van der Waals surface area contributed by atoms with Crippen LogP contribution in [0, 0.1) is 0 Å². The second-order valence-corrected chi connectivity index (χ2v) is 7.14. The van der Waals surface area contributed by atoms with Gasteiger partial charge in [0.05, 0.1) is 39.8 Å². The van der Waals surface area contributed by atoms with Crippen molar-refractivity contribution in [2.45, 2.75) is 31.1 Å². The summed E-state index contributed by atoms with van der Waals surface area (Å²) >= 11 is 0. The van der Waals surface area contributed by atoms with Crippen molar-refractivity contribution >= 4 is 17.0 Å². The van der Waals surface area contributed by atoms with Crippen molar-refractivity contribution in [3.05, 3.63) is 30.4 Å². The molecule has 0 bridgehead atoms. The van der Waals surface area contributed by atoms with Gasteiger partial charge in [0.2, 0.25) is 0 Å². The Kier molecular flexibility index (Phi) is 6.28. The summed E-state index contributed by atoms with van der Waals surface area (Å²) in [7, 11) is 4.68. The van der Waals surface area contributed by atoms with E-state index in [1.807, 2.05) is 0 Å². The zero-order chi connectivity index (χ0) is 22.8. The number of nitrogens with one attached hydrogen (secondary N) is 1. The largest absolute Gasteiger partial charge is 0.496 e. The molecular formula is C20H25N5O7. The summed E-state index contributed by atoms with van der Waals surface area (Å²) in [5.74, 6) is 2.21. The first-order valence-corrected chi connectivity index (χ1v) is 9.85. The maximum absolute atomic E-state index is 10.3. The molecule has 172 valence electrons. The standard InChI is InChI=1S/C20H25N5O7/c1-29-10-4-12(30-2)11(13(5-10)31-3)6-21-18-15-19(23-8-22-18)25(9-24-15)20-17(28)16(27)14(7-26)32-20/h4-5,8-9,14,16-17,20,26-28H,6-7H2,1-3H3,(H,21,22,23)/t14-,16-,17-,20?/m1/s1. The van der Waals surface area contributed by atoms with Gasteiger partial charge >= 0.3 is 0 Å². The smallest absolute Gasteiger partial charge is 0.167 e. The van der Waals surface area contributed by atoms with Gasteiger partial charge in [-0.3, -0.25) is 4.57 Å². The number of nitrogens with zero attached hydrogens (tertiary/aromatic N) is 4. The van der Waals surface area contributed by atoms with Crippen molar-refractivity contribution in [1.82, 2.24) is 19.5 Å². The molecule has 12 nitrogen and oxygen atoms in total. The summed E-state index contributed by atoms with van der Waals surface area (Å²) in [6, 6.07) is 3.51. The lowest BCUT2D eigenvalue weighted by molar-refractivity contribution is -0.0511. The average Bonchev–Trinajstić information content (AvgIpc) is 3.38. The fraction of sp³-hybridized carbons (Fsp3) is 0.450. The van der Waals surface area contributed by atoms with Crippen molar-refractivity contribution < 1.29 is 34.3 Å². The van der Waals surface area contributed by atoms with Crippen LogP contribution >= 0.6 is 0 Å². The molecule has 0 saturated carbocycles. The normalized spacial score (nSPS) is 22.8. The number of fused-ring (bicyclic) bond motifs is 1. The topological polar surface area (TPSA) is 153 Å². The van der Waals surface area contributed by atoms with Crippen LogP contribution in [0.25, 0.3) is 11.2 Å². The van der Waals surface area contributed by atoms with Gasteiger partial charge in [-0.2, -0.15) is 0 Å². The Morgan fingerprint density at radius 1 is 1.03 bits per heavy atom. The van der Waals surface area contributed by atoms with Gasteiger partial charge in [-0.25, -0.2) is 15.0 Å². The van der Waals surface area contributed by atoms with Crippen molar-refractivity contribution in [3.8, 4) is 17.2 Å². The maximum Gasteiger partial charge on any atom is 0.167 e. The van der Waals surface area contributed by atoms with Crippen molar-refractivity contribution in [2.24, 2.45) is 0 Å². The number of hydrogen-bond acceptors (Lipinski definition) is 11. The first kappa shape index (κ1) is 22.0. The van der Waals surface area contributed by atoms with E-state index in [0.717, 1.165) is 5.56 Å². The van der Waals surface area contributed by atoms with Crippen LogP contribution in [-0.2, 0) is 11.3 Å². The Bertz CT molecular complexity index is 1070. The van der Waals surface area contributed by atoms with E-state index in [0.29, 0.717) is 40.8 Å². The van der Waals surface area contributed by atoms with E-state index in [9.17, 15) is 15.3 Å². The number of methoxy groups -OCH3 is 3. The van der Waals surface area contributed by atoms with Gasteiger partial charge in [-0.1, -0.05) is 0 Å². The quantitative estimate of drug-likeness (QED) is 0.371. The van der Waals surface area contributed by atoms with E-state index < -0.39 is 31.1 Å². The van der Waals surface area contributed by atoms with Gasteiger partial charge < -0.3 is 39.6 Å². The number of imidazole rings is 1. The third-order valence-corrected chi connectivity index (χ3v) is 5.40. The van der Waals surface area contributed by atoms with E-state index in [-0.39, 0.29) is 0 Å². The van der Waals surface area contributed by atoms with Gasteiger partial charge in [-0.05, 0) is 0 Å². The van der Waals surface area contributed by atoms with Gasteiger partial charge in [0, 0.05) is 18.7 Å². The van der Waals surface area contributed by atoms with E-state index in [1.165, 1.54) is 17.2 Å². The molecule has 4 rings (SSSR count). The number of rotatable bonds is 8. The van der Waals surface area contributed by atoms with E-state index in [1.54, 1.807) is 33.5 Å². The van der Waals surface area contributed by atoms with Crippen LogP contribution in [0.15, 0.2) is 24.8 Å². The zero-order valence-electron chi connectivity index (χ0n) is 17.8. The number of anilines is 1. The molecule has 0 radical (unpaired) electrons. The number of aliphatic hydroxyl groups excluding tert-OH is 3. The Labute approximate surface area is 183 Å². The molecule has 32 heavy (non-hydrogen) atoms. The molecule has 12 heteroatoms. The van der Waals surface area contributed by atoms with E-state index in [4.69, 9.17) is 18.9 Å². The summed E-state index contributed by atoms with van der Waals surface area (Å²) in [5.41, 5.74) is 1.59. The van der Waals surface area contributed by atoms with Crippen LogP contribution in [0.1, 0.15) is 11.8 Å².